The van der Waals surface area contributed by atoms with Gasteiger partial charge in [0, 0.05) is 36.5 Å². The molecule has 0 fully saturated rings. The zero-order valence-electron chi connectivity index (χ0n) is 35.0. The Morgan fingerprint density at radius 1 is 0.812 bits per heavy atom. The molecule has 0 aliphatic carbocycles. The van der Waals surface area contributed by atoms with E-state index in [2.05, 4.69) is 70.6 Å². The molecule has 0 N–H and O–H groups in total. The van der Waals surface area contributed by atoms with Crippen molar-refractivity contribution in [2.75, 3.05) is 0 Å². The van der Waals surface area contributed by atoms with Gasteiger partial charge in [0.25, 0.3) is 0 Å². The molecule has 7 rings (SSSR count). The van der Waals surface area contributed by atoms with Gasteiger partial charge in [0.15, 0.2) is 0 Å². The monoisotopic (exact) mass is 892 g/mol. The molecule has 0 atom stereocenters. The summed E-state index contributed by atoms with van der Waals surface area (Å²) < 4.78 is 57.1. The molecule has 1 radical (unpaired) electrons. The van der Waals surface area contributed by atoms with E-state index in [1.54, 1.807) is 41.8 Å². The minimum Gasteiger partial charge on any atom is -0.305 e. The van der Waals surface area contributed by atoms with Gasteiger partial charge < -0.3 is 4.98 Å². The molecule has 7 aromatic rings. The number of rotatable bonds is 5. The molecule has 0 saturated heterocycles. The van der Waals surface area contributed by atoms with Gasteiger partial charge >= 0.3 is 117 Å². The molecule has 0 amide bonds. The molecule has 0 aliphatic heterocycles. The SMILES string of the molecule is [2H]C([2H])([2H])c1c[c-]c(-c2cc(C)[c]([Ge]([CH3])([CH3])[CH3])cn2)cc1.[2H]C([2H])([2H])c1ccc(-c2cccc3c2sc2c(-c4cc(C([2H])(C)C)ccn4)[c-]ccc23)cc1.[Ir]. The number of aryl methyl sites for hydroxylation is 3. The van der Waals surface area contributed by atoms with Gasteiger partial charge in [-0.15, -0.1) is 23.8 Å². The quantitative estimate of drug-likeness (QED) is 0.127. The van der Waals surface area contributed by atoms with Crippen molar-refractivity contribution in [1.29, 1.82) is 0 Å². The predicted molar refractivity (Wildman–Crippen MR) is 207 cm³/mol. The summed E-state index contributed by atoms with van der Waals surface area (Å²) in [6.07, 6.45) is 3.75. The van der Waals surface area contributed by atoms with Crippen molar-refractivity contribution in [3.63, 3.8) is 0 Å². The van der Waals surface area contributed by atoms with Crippen LogP contribution in [0.5, 0.6) is 0 Å². The Hall–Kier alpha value is -3.41. The molecular weight excluding hydrogens is 841 g/mol. The van der Waals surface area contributed by atoms with Crippen molar-refractivity contribution in [3.05, 3.63) is 138 Å². The standard InChI is InChI=1S/C27H22NS.C16H20GeN.Ir/c1-17(2)20-14-15-28-25(16-20)24-9-5-8-23-22-7-4-6-21(26(22)29-27(23)24)19-12-10-18(3)11-13-19;1-12-6-8-14(9-7-12)16-10-13(2)15(11-18-16)17(3,4)5;/h4-8,10-17H,1-3H3;6-8,10-11H,1-5H3;/q2*-1;/i3D3,17D;1D3;. The van der Waals surface area contributed by atoms with Gasteiger partial charge in [-0.2, -0.15) is 11.3 Å². The predicted octanol–water partition coefficient (Wildman–Crippen LogP) is 11.7. The van der Waals surface area contributed by atoms with Crippen molar-refractivity contribution in [2.45, 2.75) is 57.6 Å². The maximum atomic E-state index is 8.39. The Morgan fingerprint density at radius 2 is 1.56 bits per heavy atom. The summed E-state index contributed by atoms with van der Waals surface area (Å²) in [5, 5.41) is 2.29. The molecule has 5 heteroatoms. The molecule has 2 nitrogen and oxygen atoms in total. The molecule has 0 saturated carbocycles. The largest absolute Gasteiger partial charge is 0.305 e. The topological polar surface area (TPSA) is 25.8 Å². The van der Waals surface area contributed by atoms with Crippen LogP contribution in [0.25, 0.3) is 53.8 Å². The van der Waals surface area contributed by atoms with Gasteiger partial charge in [-0.05, 0) is 45.7 Å². The maximum Gasteiger partial charge on any atom is 0.0346 e. The third-order valence-corrected chi connectivity index (χ3v) is 14.0. The van der Waals surface area contributed by atoms with E-state index >= 15 is 0 Å². The van der Waals surface area contributed by atoms with Crippen molar-refractivity contribution >= 4 is 49.2 Å². The first-order valence-electron chi connectivity index (χ1n) is 19.2. The Balaban J connectivity index is 0.000000229. The van der Waals surface area contributed by atoms with Crippen LogP contribution in [-0.4, -0.2) is 23.2 Å². The average Bonchev–Trinajstić information content (AvgIpc) is 3.50. The van der Waals surface area contributed by atoms with E-state index in [-0.39, 0.29) is 20.1 Å². The summed E-state index contributed by atoms with van der Waals surface area (Å²) in [7, 11) is 0. The number of pyridine rings is 2. The van der Waals surface area contributed by atoms with E-state index in [1.807, 2.05) is 56.4 Å². The molecule has 3 heterocycles. The number of fused-ring (bicyclic) bond motifs is 3. The normalized spacial score (nSPS) is 14.2. The van der Waals surface area contributed by atoms with Crippen LogP contribution in [0.3, 0.4) is 0 Å². The van der Waals surface area contributed by atoms with Crippen molar-refractivity contribution in [3.8, 4) is 33.6 Å². The van der Waals surface area contributed by atoms with Gasteiger partial charge in [0.05, 0.1) is 0 Å². The zero-order valence-corrected chi connectivity index (χ0v) is 33.3. The van der Waals surface area contributed by atoms with Gasteiger partial charge in [0.2, 0.25) is 0 Å². The van der Waals surface area contributed by atoms with Crippen molar-refractivity contribution < 1.29 is 29.7 Å². The molecule has 4 aromatic carbocycles. The Bertz CT molecular complexity index is 2440. The van der Waals surface area contributed by atoms with Crippen LogP contribution in [0.15, 0.2) is 103 Å². The Labute approximate surface area is 316 Å². The van der Waals surface area contributed by atoms with E-state index in [1.165, 1.54) is 16.0 Å². The molecule has 48 heavy (non-hydrogen) atoms. The number of benzene rings is 4. The second kappa shape index (κ2) is 15.0. The molecule has 0 unspecified atom stereocenters. The number of thiophene rings is 1. The van der Waals surface area contributed by atoms with Crippen LogP contribution >= 0.6 is 11.3 Å². The second-order valence-corrected chi connectivity index (χ2v) is 24.6. The number of aromatic nitrogens is 2. The molecule has 0 aliphatic rings. The van der Waals surface area contributed by atoms with Crippen LogP contribution in [0.2, 0.25) is 17.3 Å². The third-order valence-electron chi connectivity index (χ3n) is 8.26. The van der Waals surface area contributed by atoms with Crippen LogP contribution < -0.4 is 4.40 Å². The summed E-state index contributed by atoms with van der Waals surface area (Å²) >= 11 is -0.189. The van der Waals surface area contributed by atoms with E-state index in [0.717, 1.165) is 59.4 Å². The third kappa shape index (κ3) is 7.74. The molecular formula is C43H42GeIrN2S-2. The molecule has 3 aromatic heterocycles. The van der Waals surface area contributed by atoms with E-state index in [4.69, 9.17) is 9.60 Å². The first kappa shape index (κ1) is 27.4. The fourth-order valence-electron chi connectivity index (χ4n) is 5.78. The number of hydrogen-bond acceptors (Lipinski definition) is 3. The Kier molecular flexibility index (Phi) is 8.57. The second-order valence-electron chi connectivity index (χ2n) is 13.0. The van der Waals surface area contributed by atoms with Gasteiger partial charge in [-0.25, -0.2) is 0 Å². The van der Waals surface area contributed by atoms with E-state index in [9.17, 15) is 0 Å². The summed E-state index contributed by atoms with van der Waals surface area (Å²) in [5.41, 5.74) is 8.32. The minimum absolute atomic E-state index is 0. The number of hydrogen-bond donors (Lipinski definition) is 0. The van der Waals surface area contributed by atoms with Crippen LogP contribution in [-0.2, 0) is 20.1 Å². The fourth-order valence-corrected chi connectivity index (χ4v) is 10.7. The zero-order chi connectivity index (χ0) is 39.2. The fraction of sp³-hybridized carbons (Fsp3) is 0.209. The van der Waals surface area contributed by atoms with Crippen LogP contribution in [0.4, 0.5) is 0 Å². The van der Waals surface area contributed by atoms with Gasteiger partial charge in [-0.3, -0.25) is 0 Å². The van der Waals surface area contributed by atoms with Crippen molar-refractivity contribution in [1.82, 2.24) is 9.97 Å². The van der Waals surface area contributed by atoms with Crippen LogP contribution in [0, 0.1) is 32.8 Å². The average molecular weight is 891 g/mol. The summed E-state index contributed by atoms with van der Waals surface area (Å²) in [5.74, 6) is 6.34. The van der Waals surface area contributed by atoms with Gasteiger partial charge in [-0.1, -0.05) is 78.9 Å². The van der Waals surface area contributed by atoms with Gasteiger partial charge in [0.1, 0.15) is 0 Å². The summed E-state index contributed by atoms with van der Waals surface area (Å²) in [6, 6.07) is 34.7. The maximum absolute atomic E-state index is 8.39. The van der Waals surface area contributed by atoms with Crippen LogP contribution in [0.1, 0.15) is 51.6 Å². The van der Waals surface area contributed by atoms with Crippen molar-refractivity contribution in [2.24, 2.45) is 0 Å². The van der Waals surface area contributed by atoms with E-state index < -0.39 is 32.9 Å². The molecule has 245 valence electrons. The first-order chi connectivity index (χ1) is 25.2. The number of nitrogens with zero attached hydrogens (tertiary/aromatic N) is 2. The molecule has 0 bridgehead atoms. The first-order valence-corrected chi connectivity index (χ1v) is 23.8. The molecule has 0 spiro atoms. The minimum atomic E-state index is -2.11. The van der Waals surface area contributed by atoms with E-state index in [0.29, 0.717) is 11.1 Å². The summed E-state index contributed by atoms with van der Waals surface area (Å²) in [6.45, 7) is 1.68. The summed E-state index contributed by atoms with van der Waals surface area (Å²) in [4.78, 5) is 9.14. The smallest absolute Gasteiger partial charge is 0.0346 e. The Morgan fingerprint density at radius 3 is 2.23 bits per heavy atom.